The van der Waals surface area contributed by atoms with E-state index >= 15 is 0 Å². The number of benzene rings is 2. The number of hydrogen-bond donors (Lipinski definition) is 2. The molecule has 1 aromatic heterocycles. The normalized spacial score (nSPS) is 10.6. The maximum Gasteiger partial charge on any atom is 0.356 e. The van der Waals surface area contributed by atoms with Crippen LogP contribution in [0.15, 0.2) is 48.5 Å². The van der Waals surface area contributed by atoms with Crippen molar-refractivity contribution in [2.24, 2.45) is 0 Å². The topological polar surface area (TPSA) is 87.5 Å². The van der Waals surface area contributed by atoms with Crippen molar-refractivity contribution in [3.8, 4) is 5.69 Å². The van der Waals surface area contributed by atoms with Crippen molar-refractivity contribution < 1.29 is 19.1 Å². The molecule has 0 fully saturated rings. The molecular weight excluding hydrogens is 387 g/mol. The van der Waals surface area contributed by atoms with Crippen LogP contribution in [0.5, 0.6) is 0 Å². The van der Waals surface area contributed by atoms with Crippen molar-refractivity contribution in [2.75, 3.05) is 24.3 Å². The van der Waals surface area contributed by atoms with Gasteiger partial charge < -0.3 is 15.3 Å². The van der Waals surface area contributed by atoms with Gasteiger partial charge in [0.2, 0.25) is 5.95 Å². The van der Waals surface area contributed by atoms with E-state index < -0.39 is 17.7 Å². The molecule has 0 aliphatic heterocycles. The van der Waals surface area contributed by atoms with Gasteiger partial charge in [0.15, 0.2) is 11.5 Å². The Morgan fingerprint density at radius 1 is 1.18 bits per heavy atom. The van der Waals surface area contributed by atoms with Crippen molar-refractivity contribution >= 4 is 35.2 Å². The van der Waals surface area contributed by atoms with Gasteiger partial charge in [-0.15, -0.1) is 0 Å². The summed E-state index contributed by atoms with van der Waals surface area (Å²) in [6.07, 6.45) is 0. The summed E-state index contributed by atoms with van der Waals surface area (Å²) in [6.45, 7) is 0. The summed E-state index contributed by atoms with van der Waals surface area (Å²) in [5, 5.41) is 12.1. The van der Waals surface area contributed by atoms with Crippen molar-refractivity contribution in [3.05, 3.63) is 70.6 Å². The third-order valence-corrected chi connectivity index (χ3v) is 4.20. The summed E-state index contributed by atoms with van der Waals surface area (Å²) in [5.41, 5.74) is 0.345. The van der Waals surface area contributed by atoms with E-state index in [4.69, 9.17) is 11.6 Å². The number of halogens is 2. The second-order valence-electron chi connectivity index (χ2n) is 6.06. The predicted molar refractivity (Wildman–Crippen MR) is 104 cm³/mol. The molecule has 1 heterocycles. The zero-order valence-electron chi connectivity index (χ0n) is 15.0. The Labute approximate surface area is 165 Å². The molecule has 1 amide bonds. The Kier molecular flexibility index (Phi) is 5.32. The van der Waals surface area contributed by atoms with E-state index in [1.54, 1.807) is 49.3 Å². The molecule has 0 bridgehead atoms. The van der Waals surface area contributed by atoms with Crippen LogP contribution in [0.2, 0.25) is 5.02 Å². The minimum Gasteiger partial charge on any atom is -0.476 e. The monoisotopic (exact) mass is 402 g/mol. The lowest BCUT2D eigenvalue weighted by molar-refractivity contribution is 0.0689. The van der Waals surface area contributed by atoms with Crippen LogP contribution >= 0.6 is 11.6 Å². The molecule has 144 valence electrons. The van der Waals surface area contributed by atoms with Crippen molar-refractivity contribution in [3.63, 3.8) is 0 Å². The van der Waals surface area contributed by atoms with Gasteiger partial charge in [-0.3, -0.25) is 9.36 Å². The van der Waals surface area contributed by atoms with Crippen LogP contribution in [0, 0.1) is 5.82 Å². The Hall–Kier alpha value is -3.39. The molecule has 0 atom stereocenters. The van der Waals surface area contributed by atoms with E-state index in [1.807, 2.05) is 0 Å². The van der Waals surface area contributed by atoms with Crippen LogP contribution < -0.4 is 10.2 Å². The highest BCUT2D eigenvalue weighted by molar-refractivity contribution is 6.34. The third kappa shape index (κ3) is 3.67. The molecule has 7 nitrogen and oxygen atoms in total. The average Bonchev–Trinajstić information content (AvgIpc) is 3.02. The lowest BCUT2D eigenvalue weighted by Crippen LogP contribution is -2.18. The molecule has 0 saturated heterocycles. The number of aromatic carboxylic acids is 1. The molecule has 3 rings (SSSR count). The lowest BCUT2D eigenvalue weighted by Gasteiger charge is -2.15. The number of carbonyl (C=O) groups is 2. The maximum absolute atomic E-state index is 13.2. The zero-order chi connectivity index (χ0) is 20.4. The quantitative estimate of drug-likeness (QED) is 0.679. The summed E-state index contributed by atoms with van der Waals surface area (Å²) in [5.74, 6) is -2.40. The fourth-order valence-electron chi connectivity index (χ4n) is 2.66. The van der Waals surface area contributed by atoms with E-state index in [1.165, 1.54) is 10.6 Å². The smallest absolute Gasteiger partial charge is 0.356 e. The standard InChI is InChI=1S/C19H16ClFN4O3/c1-24(2)19-23-16(22-17(26)13-9-8-11(21)10-14(13)20)15(18(27)28)25(19)12-6-4-3-5-7-12/h3-10H,1-2H3,(H,22,26)(H,27,28). The average molecular weight is 403 g/mol. The fourth-order valence-corrected chi connectivity index (χ4v) is 2.92. The van der Waals surface area contributed by atoms with Gasteiger partial charge in [0.25, 0.3) is 5.91 Å². The van der Waals surface area contributed by atoms with E-state index in [0.717, 1.165) is 12.1 Å². The van der Waals surface area contributed by atoms with Gasteiger partial charge in [-0.05, 0) is 30.3 Å². The van der Waals surface area contributed by atoms with Gasteiger partial charge in [-0.25, -0.2) is 9.18 Å². The summed E-state index contributed by atoms with van der Waals surface area (Å²) in [7, 11) is 3.41. The number of nitrogens with zero attached hydrogens (tertiary/aromatic N) is 3. The number of aromatic nitrogens is 2. The number of anilines is 2. The van der Waals surface area contributed by atoms with Crippen LogP contribution in [0.25, 0.3) is 5.69 Å². The largest absolute Gasteiger partial charge is 0.476 e. The fraction of sp³-hybridized carbons (Fsp3) is 0.105. The highest BCUT2D eigenvalue weighted by atomic mass is 35.5. The van der Waals surface area contributed by atoms with Crippen molar-refractivity contribution in [1.82, 2.24) is 9.55 Å². The van der Waals surface area contributed by atoms with Gasteiger partial charge in [-0.2, -0.15) is 4.98 Å². The third-order valence-electron chi connectivity index (χ3n) is 3.88. The Balaban J connectivity index is 2.11. The predicted octanol–water partition coefficient (Wildman–Crippen LogP) is 3.68. The summed E-state index contributed by atoms with van der Waals surface area (Å²) < 4.78 is 14.6. The molecule has 2 N–H and O–H groups in total. The Bertz CT molecular complexity index is 1050. The van der Waals surface area contributed by atoms with Crippen LogP contribution in [0.4, 0.5) is 16.2 Å². The molecule has 0 saturated carbocycles. The highest BCUT2D eigenvalue weighted by Gasteiger charge is 2.26. The van der Waals surface area contributed by atoms with E-state index in [2.05, 4.69) is 10.3 Å². The van der Waals surface area contributed by atoms with E-state index in [-0.39, 0.29) is 22.1 Å². The SMILES string of the molecule is CN(C)c1nc(NC(=O)c2ccc(F)cc2Cl)c(C(=O)O)n1-c1ccccc1. The molecular formula is C19H16ClFN4O3. The first-order chi connectivity index (χ1) is 13.3. The zero-order valence-corrected chi connectivity index (χ0v) is 15.7. The van der Waals surface area contributed by atoms with Gasteiger partial charge in [0.05, 0.1) is 10.6 Å². The second-order valence-corrected chi connectivity index (χ2v) is 6.47. The minimum atomic E-state index is -1.27. The first kappa shape index (κ1) is 19.4. The summed E-state index contributed by atoms with van der Waals surface area (Å²) in [4.78, 5) is 30.5. The number of carboxylic acids is 1. The number of para-hydroxylation sites is 1. The molecule has 2 aromatic carbocycles. The van der Waals surface area contributed by atoms with Crippen LogP contribution in [-0.4, -0.2) is 40.6 Å². The van der Waals surface area contributed by atoms with Crippen molar-refractivity contribution in [1.29, 1.82) is 0 Å². The Morgan fingerprint density at radius 3 is 2.43 bits per heavy atom. The summed E-state index contributed by atoms with van der Waals surface area (Å²) >= 11 is 5.92. The molecule has 0 radical (unpaired) electrons. The maximum atomic E-state index is 13.2. The molecule has 28 heavy (non-hydrogen) atoms. The number of carbonyl (C=O) groups excluding carboxylic acids is 1. The summed E-state index contributed by atoms with van der Waals surface area (Å²) in [6, 6.07) is 12.1. The number of hydrogen-bond acceptors (Lipinski definition) is 4. The van der Waals surface area contributed by atoms with Crippen molar-refractivity contribution in [2.45, 2.75) is 0 Å². The highest BCUT2D eigenvalue weighted by Crippen LogP contribution is 2.28. The van der Waals surface area contributed by atoms with E-state index in [0.29, 0.717) is 11.6 Å². The van der Waals surface area contributed by atoms with Gasteiger partial charge in [-0.1, -0.05) is 29.8 Å². The number of rotatable bonds is 5. The first-order valence-electron chi connectivity index (χ1n) is 8.14. The molecule has 0 aliphatic rings. The molecule has 0 spiro atoms. The van der Waals surface area contributed by atoms with Crippen LogP contribution in [0.3, 0.4) is 0 Å². The number of imidazole rings is 1. The number of amides is 1. The first-order valence-corrected chi connectivity index (χ1v) is 8.52. The number of nitrogens with one attached hydrogen (secondary N) is 1. The number of carboxylic acid groups (broad SMARTS) is 1. The van der Waals surface area contributed by atoms with E-state index in [9.17, 15) is 19.1 Å². The Morgan fingerprint density at radius 2 is 1.86 bits per heavy atom. The van der Waals surface area contributed by atoms with Crippen LogP contribution in [-0.2, 0) is 0 Å². The second kappa shape index (κ2) is 7.69. The molecule has 9 heteroatoms. The van der Waals surface area contributed by atoms with Gasteiger partial charge >= 0.3 is 5.97 Å². The van der Waals surface area contributed by atoms with Crippen LogP contribution in [0.1, 0.15) is 20.8 Å². The molecule has 0 aliphatic carbocycles. The lowest BCUT2D eigenvalue weighted by atomic mass is 10.2. The molecule has 0 unspecified atom stereocenters. The van der Waals surface area contributed by atoms with Gasteiger partial charge in [0, 0.05) is 19.8 Å². The minimum absolute atomic E-state index is 0.0000645. The van der Waals surface area contributed by atoms with Gasteiger partial charge in [0.1, 0.15) is 5.82 Å². The molecule has 3 aromatic rings.